The van der Waals surface area contributed by atoms with E-state index in [2.05, 4.69) is 0 Å². The van der Waals surface area contributed by atoms with Crippen molar-refractivity contribution in [3.63, 3.8) is 0 Å². The van der Waals surface area contributed by atoms with Crippen molar-refractivity contribution in [3.05, 3.63) is 83.9 Å². The quantitative estimate of drug-likeness (QED) is 0.141. The Morgan fingerprint density at radius 2 is 1.70 bits per heavy atom. The number of rotatable bonds is 13. The molecule has 0 aromatic heterocycles. The summed E-state index contributed by atoms with van der Waals surface area (Å²) in [6.45, 7) is 2.18. The van der Waals surface area contributed by atoms with Crippen LogP contribution in [0.3, 0.4) is 0 Å². The monoisotopic (exact) mass is 646 g/mol. The van der Waals surface area contributed by atoms with Crippen LogP contribution in [0.1, 0.15) is 24.0 Å². The maximum Gasteiger partial charge on any atom is 0.340 e. The molecule has 15 heteroatoms. The van der Waals surface area contributed by atoms with Gasteiger partial charge in [0.15, 0.2) is 0 Å². The summed E-state index contributed by atoms with van der Waals surface area (Å²) in [5.74, 6) is -1.11. The van der Waals surface area contributed by atoms with E-state index in [0.717, 1.165) is 16.4 Å². The van der Waals surface area contributed by atoms with Gasteiger partial charge in [-0.3, -0.25) is 15.0 Å². The van der Waals surface area contributed by atoms with Gasteiger partial charge < -0.3 is 19.8 Å². The molecule has 4 rings (SSSR count). The SMILES string of the molecule is Cc1cc(OCC2CCN(C(=N)N)OC2)cc(OS(=O)(=O)c2ccccc2S(=O)(=O)N(CCC(=O)O)Cc2ccccc2)c1. The number of carboxylic acids is 1. The summed E-state index contributed by atoms with van der Waals surface area (Å²) in [6.07, 6.45) is 0.188. The molecule has 1 heterocycles. The number of sulfonamides is 1. The van der Waals surface area contributed by atoms with E-state index < -0.39 is 42.3 Å². The van der Waals surface area contributed by atoms with Gasteiger partial charge in [0.2, 0.25) is 16.0 Å². The molecule has 1 fully saturated rings. The fourth-order valence-corrected chi connectivity index (χ4v) is 7.62. The minimum atomic E-state index is -4.68. The first-order valence-electron chi connectivity index (χ1n) is 13.6. The van der Waals surface area contributed by atoms with Gasteiger partial charge in [-0.05, 0) is 48.7 Å². The molecule has 0 aliphatic carbocycles. The lowest BCUT2D eigenvalue weighted by atomic mass is 10.1. The number of hydroxylamine groups is 2. The summed E-state index contributed by atoms with van der Waals surface area (Å²) < 4.78 is 67.0. The van der Waals surface area contributed by atoms with E-state index in [4.69, 9.17) is 24.9 Å². The predicted molar refractivity (Wildman–Crippen MR) is 160 cm³/mol. The van der Waals surface area contributed by atoms with Gasteiger partial charge >= 0.3 is 16.1 Å². The Morgan fingerprint density at radius 1 is 1.05 bits per heavy atom. The fraction of sp³-hybridized carbons (Fsp3) is 0.310. The van der Waals surface area contributed by atoms with E-state index >= 15 is 0 Å². The first kappa shape index (κ1) is 32.7. The van der Waals surface area contributed by atoms with Crippen LogP contribution in [0.2, 0.25) is 0 Å². The summed E-state index contributed by atoms with van der Waals surface area (Å²) >= 11 is 0. The Bertz CT molecular complexity index is 1690. The van der Waals surface area contributed by atoms with Crippen LogP contribution < -0.4 is 14.7 Å². The zero-order valence-corrected chi connectivity index (χ0v) is 25.6. The summed E-state index contributed by atoms with van der Waals surface area (Å²) in [4.78, 5) is 15.6. The molecule has 236 valence electrons. The maximum absolute atomic E-state index is 13.8. The van der Waals surface area contributed by atoms with Gasteiger partial charge in [-0.15, -0.1) is 0 Å². The fourth-order valence-electron chi connectivity index (χ4n) is 4.50. The molecular formula is C29H34N4O9S2. The number of guanidine groups is 1. The van der Waals surface area contributed by atoms with Gasteiger partial charge in [0.1, 0.15) is 21.3 Å². The van der Waals surface area contributed by atoms with Gasteiger partial charge in [0, 0.05) is 31.6 Å². The van der Waals surface area contributed by atoms with Crippen LogP contribution in [-0.2, 0) is 36.3 Å². The normalized spacial score (nSPS) is 15.6. The van der Waals surface area contributed by atoms with Crippen LogP contribution in [0.4, 0.5) is 0 Å². The summed E-state index contributed by atoms with van der Waals surface area (Å²) in [5.41, 5.74) is 6.68. The van der Waals surface area contributed by atoms with Crippen molar-refractivity contribution in [2.75, 3.05) is 26.3 Å². The largest absolute Gasteiger partial charge is 0.493 e. The molecule has 3 aromatic carbocycles. The number of hydrogen-bond acceptors (Lipinski definition) is 9. The Labute approximate surface area is 256 Å². The lowest BCUT2D eigenvalue weighted by Crippen LogP contribution is -2.43. The molecule has 0 amide bonds. The molecule has 4 N–H and O–H groups in total. The molecule has 0 saturated carbocycles. The van der Waals surface area contributed by atoms with Crippen molar-refractivity contribution in [1.82, 2.24) is 9.37 Å². The molecule has 44 heavy (non-hydrogen) atoms. The summed E-state index contributed by atoms with van der Waals surface area (Å²) in [5, 5.41) is 18.0. The average Bonchev–Trinajstić information content (AvgIpc) is 2.98. The van der Waals surface area contributed by atoms with Crippen LogP contribution in [-0.4, -0.2) is 69.5 Å². The zero-order valence-electron chi connectivity index (χ0n) is 24.0. The molecular weight excluding hydrogens is 612 g/mol. The topological polar surface area (TPSA) is 190 Å². The molecule has 13 nitrogen and oxygen atoms in total. The van der Waals surface area contributed by atoms with E-state index in [1.54, 1.807) is 43.3 Å². The number of nitrogens with one attached hydrogen (secondary N) is 1. The molecule has 0 radical (unpaired) electrons. The van der Waals surface area contributed by atoms with Crippen LogP contribution in [0.5, 0.6) is 11.5 Å². The Hall–Kier alpha value is -4.18. The number of aliphatic carboxylic acids is 1. The minimum Gasteiger partial charge on any atom is -0.493 e. The van der Waals surface area contributed by atoms with Crippen molar-refractivity contribution in [2.45, 2.75) is 36.1 Å². The Morgan fingerprint density at radius 3 is 2.34 bits per heavy atom. The van der Waals surface area contributed by atoms with E-state index in [0.29, 0.717) is 36.4 Å². The highest BCUT2D eigenvalue weighted by Gasteiger charge is 2.33. The lowest BCUT2D eigenvalue weighted by molar-refractivity contribution is -0.149. The van der Waals surface area contributed by atoms with Crippen molar-refractivity contribution in [1.29, 1.82) is 5.41 Å². The van der Waals surface area contributed by atoms with Gasteiger partial charge in [-0.2, -0.15) is 12.7 Å². The second-order valence-corrected chi connectivity index (χ2v) is 13.6. The van der Waals surface area contributed by atoms with Crippen LogP contribution in [0, 0.1) is 18.3 Å². The number of aryl methyl sites for hydroxylation is 1. The summed E-state index contributed by atoms with van der Waals surface area (Å²) in [7, 11) is -9.18. The standard InChI is InChI=1S/C29H34N4O9S2/c1-21-15-24(40-19-23-11-14-33(29(30)31)41-20-23)17-25(16-21)42-44(38,39)27-10-6-5-9-26(27)43(36,37)32(13-12-28(34)35)18-22-7-3-2-4-8-22/h2-10,15-17,23H,11-14,18-20H2,1H3,(H3,30,31)(H,34,35). The Balaban J connectivity index is 1.56. The second kappa shape index (κ2) is 14.1. The molecule has 1 aliphatic rings. The van der Waals surface area contributed by atoms with Crippen LogP contribution in [0.25, 0.3) is 0 Å². The van der Waals surface area contributed by atoms with E-state index in [-0.39, 0.29) is 37.3 Å². The molecule has 0 bridgehead atoms. The van der Waals surface area contributed by atoms with Gasteiger partial charge in [0.25, 0.3) is 0 Å². The lowest BCUT2D eigenvalue weighted by Gasteiger charge is -2.31. The highest BCUT2D eigenvalue weighted by molar-refractivity contribution is 7.91. The molecule has 0 spiro atoms. The van der Waals surface area contributed by atoms with Crippen molar-refractivity contribution < 1.29 is 40.5 Å². The highest BCUT2D eigenvalue weighted by atomic mass is 32.2. The predicted octanol–water partition coefficient (Wildman–Crippen LogP) is 2.95. The van der Waals surface area contributed by atoms with Gasteiger partial charge in [-0.25, -0.2) is 13.5 Å². The first-order chi connectivity index (χ1) is 20.8. The molecule has 1 unspecified atom stereocenters. The number of hydrogen-bond donors (Lipinski definition) is 3. The van der Waals surface area contributed by atoms with Crippen molar-refractivity contribution >= 4 is 32.1 Å². The van der Waals surface area contributed by atoms with E-state index in [1.807, 2.05) is 0 Å². The average molecular weight is 647 g/mol. The van der Waals surface area contributed by atoms with Crippen LogP contribution in [0.15, 0.2) is 82.6 Å². The van der Waals surface area contributed by atoms with Crippen molar-refractivity contribution in [2.24, 2.45) is 11.7 Å². The third kappa shape index (κ3) is 8.47. The van der Waals surface area contributed by atoms with E-state index in [9.17, 15) is 26.7 Å². The molecule has 1 aliphatic heterocycles. The molecule has 3 aromatic rings. The molecule has 1 atom stereocenters. The Kier molecular flexibility index (Phi) is 10.5. The number of nitrogens with zero attached hydrogens (tertiary/aromatic N) is 2. The zero-order chi connectivity index (χ0) is 31.9. The number of ether oxygens (including phenoxy) is 1. The van der Waals surface area contributed by atoms with Gasteiger partial charge in [-0.1, -0.05) is 42.5 Å². The minimum absolute atomic E-state index is 0.0104. The van der Waals surface area contributed by atoms with Gasteiger partial charge in [0.05, 0.1) is 19.6 Å². The van der Waals surface area contributed by atoms with Crippen molar-refractivity contribution in [3.8, 4) is 11.5 Å². The number of nitrogens with two attached hydrogens (primary N) is 1. The summed E-state index contributed by atoms with van der Waals surface area (Å²) in [6, 6.07) is 18.2. The third-order valence-electron chi connectivity index (χ3n) is 6.70. The maximum atomic E-state index is 13.8. The number of carbonyl (C=O) groups is 1. The first-order valence-corrected chi connectivity index (χ1v) is 16.5. The van der Waals surface area contributed by atoms with E-state index in [1.165, 1.54) is 29.3 Å². The second-order valence-electron chi connectivity index (χ2n) is 10.2. The number of benzene rings is 3. The highest BCUT2D eigenvalue weighted by Crippen LogP contribution is 2.30. The molecule has 1 saturated heterocycles. The third-order valence-corrected chi connectivity index (χ3v) is 10.0. The smallest absolute Gasteiger partial charge is 0.340 e. The number of carboxylic acid groups (broad SMARTS) is 1. The van der Waals surface area contributed by atoms with Crippen LogP contribution >= 0.6 is 0 Å².